The van der Waals surface area contributed by atoms with E-state index in [0.717, 1.165) is 26.1 Å². The molecule has 1 N–H and O–H groups in total. The van der Waals surface area contributed by atoms with Gasteiger partial charge < -0.3 is 15.1 Å². The summed E-state index contributed by atoms with van der Waals surface area (Å²) in [6.07, 6.45) is 0.957. The Morgan fingerprint density at radius 2 is 1.75 bits per heavy atom. The Morgan fingerprint density at radius 1 is 1.05 bits per heavy atom. The molecule has 0 radical (unpaired) electrons. The van der Waals surface area contributed by atoms with Crippen LogP contribution in [0.4, 0.5) is 10.5 Å². The zero-order valence-electron chi connectivity index (χ0n) is 11.1. The van der Waals surface area contributed by atoms with E-state index in [2.05, 4.69) is 17.3 Å². The van der Waals surface area contributed by atoms with Gasteiger partial charge >= 0.3 is 6.03 Å². The van der Waals surface area contributed by atoms with Crippen LogP contribution in [0.15, 0.2) is 12.1 Å². The summed E-state index contributed by atoms with van der Waals surface area (Å²) in [4.78, 5) is 16.2. The zero-order chi connectivity index (χ0) is 14.7. The van der Waals surface area contributed by atoms with Gasteiger partial charge in [-0.15, -0.1) is 0 Å². The number of nitrogens with one attached hydrogen (secondary N) is 1. The molecule has 0 bridgehead atoms. The third-order valence-corrected chi connectivity index (χ3v) is 4.29. The Balaban J connectivity index is 2.06. The first kappa shape index (κ1) is 15.7. The predicted molar refractivity (Wildman–Crippen MR) is 84.2 cm³/mol. The summed E-state index contributed by atoms with van der Waals surface area (Å²) >= 11 is 17.9. The molecule has 0 aromatic heterocycles. The molecule has 1 fully saturated rings. The number of likely N-dealkylation sites (N-methyl/N-ethyl adjacent to an activating group) is 1. The highest BCUT2D eigenvalue weighted by atomic mass is 35.5. The number of hydrogen-bond acceptors (Lipinski definition) is 2. The van der Waals surface area contributed by atoms with Gasteiger partial charge in [0.1, 0.15) is 0 Å². The van der Waals surface area contributed by atoms with Gasteiger partial charge in [-0.25, -0.2) is 4.79 Å². The maximum absolute atomic E-state index is 12.2. The van der Waals surface area contributed by atoms with Gasteiger partial charge in [-0.05, 0) is 32.1 Å². The van der Waals surface area contributed by atoms with Crippen molar-refractivity contribution in [2.75, 3.05) is 38.5 Å². The second kappa shape index (κ2) is 6.85. The molecule has 1 aliphatic rings. The van der Waals surface area contributed by atoms with Gasteiger partial charge in [-0.2, -0.15) is 0 Å². The number of rotatable bonds is 1. The fourth-order valence-electron chi connectivity index (χ4n) is 2.06. The van der Waals surface area contributed by atoms with E-state index in [1.54, 1.807) is 11.0 Å². The Bertz CT molecular complexity index is 510. The molecule has 110 valence electrons. The van der Waals surface area contributed by atoms with Crippen LogP contribution in [0.1, 0.15) is 6.42 Å². The molecule has 20 heavy (non-hydrogen) atoms. The van der Waals surface area contributed by atoms with Crippen molar-refractivity contribution in [3.05, 3.63) is 27.2 Å². The number of benzene rings is 1. The first-order valence-electron chi connectivity index (χ1n) is 6.36. The number of nitrogens with zero attached hydrogens (tertiary/aromatic N) is 2. The SMILES string of the molecule is CN1CCCN(C(=O)Nc2cc(Cl)c(Cl)cc2Cl)CC1. The van der Waals surface area contributed by atoms with Crippen LogP contribution in [0.5, 0.6) is 0 Å². The molecule has 0 saturated carbocycles. The fourth-order valence-corrected chi connectivity index (χ4v) is 2.66. The van der Waals surface area contributed by atoms with Crippen LogP contribution in [0, 0.1) is 0 Å². The smallest absolute Gasteiger partial charge is 0.321 e. The Labute approximate surface area is 133 Å². The first-order valence-corrected chi connectivity index (χ1v) is 7.50. The molecule has 1 heterocycles. The normalized spacial score (nSPS) is 16.9. The van der Waals surface area contributed by atoms with E-state index in [4.69, 9.17) is 34.8 Å². The molecule has 1 saturated heterocycles. The minimum Gasteiger partial charge on any atom is -0.323 e. The molecule has 1 aromatic carbocycles. The lowest BCUT2D eigenvalue weighted by molar-refractivity contribution is 0.213. The van der Waals surface area contributed by atoms with Gasteiger partial charge in [-0.3, -0.25) is 0 Å². The maximum Gasteiger partial charge on any atom is 0.321 e. The molecule has 1 aromatic rings. The second-order valence-electron chi connectivity index (χ2n) is 4.82. The molecular weight excluding hydrogens is 321 g/mol. The van der Waals surface area contributed by atoms with E-state index < -0.39 is 0 Å². The lowest BCUT2D eigenvalue weighted by Crippen LogP contribution is -2.37. The van der Waals surface area contributed by atoms with Crippen LogP contribution < -0.4 is 5.32 Å². The van der Waals surface area contributed by atoms with Gasteiger partial charge in [0.05, 0.1) is 20.8 Å². The standard InChI is InChI=1S/C13H16Cl3N3O/c1-18-3-2-4-19(6-5-18)13(20)17-12-8-10(15)9(14)7-11(12)16/h7-8H,2-6H2,1H3,(H,17,20). The third kappa shape index (κ3) is 3.92. The average Bonchev–Trinajstić information content (AvgIpc) is 2.61. The van der Waals surface area contributed by atoms with E-state index >= 15 is 0 Å². The molecule has 7 heteroatoms. The Morgan fingerprint density at radius 3 is 2.50 bits per heavy atom. The summed E-state index contributed by atoms with van der Waals surface area (Å²) in [6, 6.07) is 2.92. The van der Waals surface area contributed by atoms with E-state index in [0.29, 0.717) is 27.3 Å². The maximum atomic E-state index is 12.2. The van der Waals surface area contributed by atoms with Crippen molar-refractivity contribution in [1.82, 2.24) is 9.80 Å². The summed E-state index contributed by atoms with van der Waals surface area (Å²) < 4.78 is 0. The van der Waals surface area contributed by atoms with Crippen LogP contribution in [-0.2, 0) is 0 Å². The highest BCUT2D eigenvalue weighted by molar-refractivity contribution is 6.44. The minimum absolute atomic E-state index is 0.166. The van der Waals surface area contributed by atoms with Gasteiger partial charge in [0.25, 0.3) is 0 Å². The second-order valence-corrected chi connectivity index (χ2v) is 6.04. The van der Waals surface area contributed by atoms with Crippen molar-refractivity contribution in [2.24, 2.45) is 0 Å². The monoisotopic (exact) mass is 335 g/mol. The topological polar surface area (TPSA) is 35.6 Å². The molecule has 0 atom stereocenters. The van der Waals surface area contributed by atoms with Crippen LogP contribution in [0.2, 0.25) is 15.1 Å². The van der Waals surface area contributed by atoms with E-state index in [1.165, 1.54) is 6.07 Å². The van der Waals surface area contributed by atoms with Crippen molar-refractivity contribution < 1.29 is 4.79 Å². The lowest BCUT2D eigenvalue weighted by Gasteiger charge is -2.21. The van der Waals surface area contributed by atoms with Gasteiger partial charge in [0, 0.05) is 19.6 Å². The average molecular weight is 337 g/mol. The highest BCUT2D eigenvalue weighted by Crippen LogP contribution is 2.32. The number of carbonyl (C=O) groups excluding carboxylic acids is 1. The minimum atomic E-state index is -0.166. The first-order chi connectivity index (χ1) is 9.47. The van der Waals surface area contributed by atoms with Crippen LogP contribution in [0.3, 0.4) is 0 Å². The summed E-state index contributed by atoms with van der Waals surface area (Å²) in [6.45, 7) is 3.29. The van der Waals surface area contributed by atoms with E-state index in [-0.39, 0.29) is 6.03 Å². The number of hydrogen-bond donors (Lipinski definition) is 1. The zero-order valence-corrected chi connectivity index (χ0v) is 13.4. The van der Waals surface area contributed by atoms with Crippen molar-refractivity contribution in [3.63, 3.8) is 0 Å². The Kier molecular flexibility index (Phi) is 5.38. The van der Waals surface area contributed by atoms with Crippen LogP contribution >= 0.6 is 34.8 Å². The van der Waals surface area contributed by atoms with Crippen molar-refractivity contribution in [3.8, 4) is 0 Å². The summed E-state index contributed by atoms with van der Waals surface area (Å²) in [5, 5.41) is 3.89. The van der Waals surface area contributed by atoms with Crippen molar-refractivity contribution >= 4 is 46.5 Å². The van der Waals surface area contributed by atoms with Crippen molar-refractivity contribution in [2.45, 2.75) is 6.42 Å². The number of halogens is 3. The molecule has 2 rings (SSSR count). The number of urea groups is 1. The molecule has 2 amide bonds. The largest absolute Gasteiger partial charge is 0.323 e. The third-order valence-electron chi connectivity index (χ3n) is 3.26. The summed E-state index contributed by atoms with van der Waals surface area (Å²) in [7, 11) is 2.05. The molecule has 0 unspecified atom stereocenters. The Hall–Kier alpha value is -0.680. The molecule has 1 aliphatic heterocycles. The van der Waals surface area contributed by atoms with E-state index in [9.17, 15) is 4.79 Å². The summed E-state index contributed by atoms with van der Waals surface area (Å²) in [5.74, 6) is 0. The molecule has 4 nitrogen and oxygen atoms in total. The molecular formula is C13H16Cl3N3O. The quantitative estimate of drug-likeness (QED) is 0.791. The van der Waals surface area contributed by atoms with Gasteiger partial charge in [-0.1, -0.05) is 34.8 Å². The van der Waals surface area contributed by atoms with Gasteiger partial charge in [0.15, 0.2) is 0 Å². The number of amides is 2. The molecule has 0 aliphatic carbocycles. The highest BCUT2D eigenvalue weighted by Gasteiger charge is 2.18. The lowest BCUT2D eigenvalue weighted by atomic mass is 10.3. The van der Waals surface area contributed by atoms with E-state index in [1.807, 2.05) is 0 Å². The number of carbonyl (C=O) groups is 1. The van der Waals surface area contributed by atoms with Crippen LogP contribution in [0.25, 0.3) is 0 Å². The predicted octanol–water partition coefficient (Wildman–Crippen LogP) is 3.82. The fraction of sp³-hybridized carbons (Fsp3) is 0.462. The number of anilines is 1. The summed E-state index contributed by atoms with van der Waals surface area (Å²) in [5.41, 5.74) is 0.476. The van der Waals surface area contributed by atoms with Crippen LogP contribution in [-0.4, -0.2) is 49.1 Å². The van der Waals surface area contributed by atoms with Crippen molar-refractivity contribution in [1.29, 1.82) is 0 Å². The van der Waals surface area contributed by atoms with Gasteiger partial charge in [0.2, 0.25) is 0 Å². The molecule has 0 spiro atoms.